The predicted molar refractivity (Wildman–Crippen MR) is 79.0 cm³/mol. The van der Waals surface area contributed by atoms with Crippen LogP contribution in [0.1, 0.15) is 29.6 Å². The molecular weight excluding hydrogens is 325 g/mol. The summed E-state index contributed by atoms with van der Waals surface area (Å²) in [4.78, 5) is 14.8. The van der Waals surface area contributed by atoms with Gasteiger partial charge in [0.2, 0.25) is 0 Å². The lowest BCUT2D eigenvalue weighted by molar-refractivity contribution is 0.0928. The fourth-order valence-corrected chi connectivity index (χ4v) is 3.73. The van der Waals surface area contributed by atoms with Crippen LogP contribution in [0.25, 0.3) is 0 Å². The van der Waals surface area contributed by atoms with E-state index < -0.39 is 5.82 Å². The highest BCUT2D eigenvalue weighted by atomic mass is 79.9. The standard InChI is InChI=1S/C14H17BrFN3O/c15-9-7-10(16)11(17)6-8(9)14(20)18-12-3-5-19-4-1-2-13(12)19/h6-7,12-13H,1-5,17H2,(H,18,20). The first kappa shape index (κ1) is 13.8. The van der Waals surface area contributed by atoms with Gasteiger partial charge in [-0.2, -0.15) is 0 Å². The molecule has 0 bridgehead atoms. The first-order chi connectivity index (χ1) is 9.56. The highest BCUT2D eigenvalue weighted by molar-refractivity contribution is 9.10. The average Bonchev–Trinajstić information content (AvgIpc) is 2.98. The minimum absolute atomic E-state index is 0.00716. The lowest BCUT2D eigenvalue weighted by Crippen LogP contribution is -2.42. The number of fused-ring (bicyclic) bond motifs is 1. The number of rotatable bonds is 2. The van der Waals surface area contributed by atoms with Crippen molar-refractivity contribution in [2.45, 2.75) is 31.3 Å². The van der Waals surface area contributed by atoms with Crippen LogP contribution in [0.3, 0.4) is 0 Å². The molecule has 0 saturated carbocycles. The van der Waals surface area contributed by atoms with Crippen molar-refractivity contribution >= 4 is 27.5 Å². The van der Waals surface area contributed by atoms with Crippen molar-refractivity contribution in [3.63, 3.8) is 0 Å². The van der Waals surface area contributed by atoms with Crippen molar-refractivity contribution in [3.8, 4) is 0 Å². The Hall–Kier alpha value is -1.14. The zero-order valence-electron chi connectivity index (χ0n) is 11.0. The molecule has 0 radical (unpaired) electrons. The van der Waals surface area contributed by atoms with Crippen LogP contribution in [0.4, 0.5) is 10.1 Å². The Morgan fingerprint density at radius 2 is 2.20 bits per heavy atom. The quantitative estimate of drug-likeness (QED) is 0.810. The molecule has 1 aromatic carbocycles. The zero-order chi connectivity index (χ0) is 14.3. The molecular formula is C14H17BrFN3O. The maximum absolute atomic E-state index is 13.3. The van der Waals surface area contributed by atoms with Gasteiger partial charge in [-0.15, -0.1) is 0 Å². The second-order valence-electron chi connectivity index (χ2n) is 5.47. The molecule has 2 aliphatic heterocycles. The van der Waals surface area contributed by atoms with Gasteiger partial charge in [0, 0.05) is 23.1 Å². The Bertz CT molecular complexity index is 551. The summed E-state index contributed by atoms with van der Waals surface area (Å²) in [7, 11) is 0. The highest BCUT2D eigenvalue weighted by Crippen LogP contribution is 2.29. The van der Waals surface area contributed by atoms with Crippen LogP contribution >= 0.6 is 15.9 Å². The largest absolute Gasteiger partial charge is 0.396 e. The molecule has 6 heteroatoms. The van der Waals surface area contributed by atoms with Crippen molar-refractivity contribution in [2.24, 2.45) is 0 Å². The average molecular weight is 342 g/mol. The van der Waals surface area contributed by atoms with Gasteiger partial charge in [-0.25, -0.2) is 4.39 Å². The normalized spacial score (nSPS) is 25.7. The van der Waals surface area contributed by atoms with Crippen molar-refractivity contribution < 1.29 is 9.18 Å². The number of carbonyl (C=O) groups excluding carboxylic acids is 1. The Labute approximate surface area is 125 Å². The van der Waals surface area contributed by atoms with Crippen LogP contribution in [0.2, 0.25) is 0 Å². The van der Waals surface area contributed by atoms with E-state index in [1.54, 1.807) is 0 Å². The smallest absolute Gasteiger partial charge is 0.252 e. The number of hydrogen-bond donors (Lipinski definition) is 2. The van der Waals surface area contributed by atoms with E-state index in [9.17, 15) is 9.18 Å². The summed E-state index contributed by atoms with van der Waals surface area (Å²) >= 11 is 3.22. The predicted octanol–water partition coefficient (Wildman–Crippen LogP) is 2.14. The van der Waals surface area contributed by atoms with E-state index in [-0.39, 0.29) is 17.6 Å². The summed E-state index contributed by atoms with van der Waals surface area (Å²) in [6.45, 7) is 2.17. The minimum atomic E-state index is -0.517. The molecule has 3 rings (SSSR count). The SMILES string of the molecule is Nc1cc(C(=O)NC2CCN3CCCC23)c(Br)cc1F. The topological polar surface area (TPSA) is 58.4 Å². The Kier molecular flexibility index (Phi) is 3.69. The van der Waals surface area contributed by atoms with Crippen LogP contribution in [0.5, 0.6) is 0 Å². The number of hydrogen-bond acceptors (Lipinski definition) is 3. The molecule has 0 spiro atoms. The van der Waals surface area contributed by atoms with Crippen LogP contribution in [0, 0.1) is 5.82 Å². The maximum atomic E-state index is 13.3. The van der Waals surface area contributed by atoms with Crippen LogP contribution in [-0.4, -0.2) is 36.0 Å². The van der Waals surface area contributed by atoms with Crippen molar-refractivity contribution in [1.29, 1.82) is 0 Å². The van der Waals surface area contributed by atoms with Gasteiger partial charge in [-0.1, -0.05) is 0 Å². The molecule has 2 fully saturated rings. The molecule has 2 unspecified atom stereocenters. The number of nitrogens with one attached hydrogen (secondary N) is 1. The van der Waals surface area contributed by atoms with Gasteiger partial charge < -0.3 is 11.1 Å². The number of amides is 1. The van der Waals surface area contributed by atoms with Crippen LogP contribution in [-0.2, 0) is 0 Å². The van der Waals surface area contributed by atoms with Crippen molar-refractivity contribution in [1.82, 2.24) is 10.2 Å². The summed E-state index contributed by atoms with van der Waals surface area (Å²) in [6.07, 6.45) is 3.31. The van der Waals surface area contributed by atoms with Gasteiger partial charge in [-0.05, 0) is 53.9 Å². The van der Waals surface area contributed by atoms with E-state index in [2.05, 4.69) is 26.1 Å². The van der Waals surface area contributed by atoms with Gasteiger partial charge in [0.1, 0.15) is 5.82 Å². The number of benzene rings is 1. The number of nitrogens with two attached hydrogens (primary N) is 1. The summed E-state index contributed by atoms with van der Waals surface area (Å²) in [6, 6.07) is 3.26. The van der Waals surface area contributed by atoms with E-state index >= 15 is 0 Å². The van der Waals surface area contributed by atoms with Crippen LogP contribution in [0.15, 0.2) is 16.6 Å². The molecule has 2 atom stereocenters. The first-order valence-corrected chi connectivity index (χ1v) is 7.65. The van der Waals surface area contributed by atoms with E-state index in [1.165, 1.54) is 18.6 Å². The summed E-state index contributed by atoms with van der Waals surface area (Å²) in [5, 5.41) is 3.07. The summed E-state index contributed by atoms with van der Waals surface area (Å²) in [5.41, 5.74) is 5.92. The van der Waals surface area contributed by atoms with Crippen molar-refractivity contribution in [2.75, 3.05) is 18.8 Å². The van der Waals surface area contributed by atoms with Crippen molar-refractivity contribution in [3.05, 3.63) is 28.0 Å². The third kappa shape index (κ3) is 2.42. The van der Waals surface area contributed by atoms with Gasteiger partial charge in [0.25, 0.3) is 5.91 Å². The molecule has 2 aliphatic rings. The fourth-order valence-electron chi connectivity index (χ4n) is 3.24. The third-order valence-corrected chi connectivity index (χ3v) is 4.91. The second-order valence-corrected chi connectivity index (χ2v) is 6.32. The summed E-state index contributed by atoms with van der Waals surface area (Å²) in [5.74, 6) is -0.710. The molecule has 4 nitrogen and oxygen atoms in total. The number of halogens is 2. The molecule has 2 saturated heterocycles. The Morgan fingerprint density at radius 1 is 1.40 bits per heavy atom. The molecule has 1 amide bonds. The van der Waals surface area contributed by atoms with E-state index in [0.717, 1.165) is 25.9 Å². The minimum Gasteiger partial charge on any atom is -0.396 e. The zero-order valence-corrected chi connectivity index (χ0v) is 12.6. The van der Waals surface area contributed by atoms with Crippen LogP contribution < -0.4 is 11.1 Å². The van der Waals surface area contributed by atoms with Gasteiger partial charge >= 0.3 is 0 Å². The maximum Gasteiger partial charge on any atom is 0.252 e. The third-order valence-electron chi connectivity index (χ3n) is 4.25. The lowest BCUT2D eigenvalue weighted by atomic mass is 10.1. The molecule has 3 N–H and O–H groups in total. The van der Waals surface area contributed by atoms with Gasteiger partial charge in [-0.3, -0.25) is 9.69 Å². The number of carbonyl (C=O) groups is 1. The fraction of sp³-hybridized carbons (Fsp3) is 0.500. The highest BCUT2D eigenvalue weighted by Gasteiger charge is 2.38. The van der Waals surface area contributed by atoms with E-state index in [1.807, 2.05) is 0 Å². The molecule has 20 heavy (non-hydrogen) atoms. The van der Waals surface area contributed by atoms with E-state index in [0.29, 0.717) is 16.1 Å². The molecule has 0 aliphatic carbocycles. The first-order valence-electron chi connectivity index (χ1n) is 6.85. The second kappa shape index (κ2) is 5.33. The van der Waals surface area contributed by atoms with E-state index in [4.69, 9.17) is 5.73 Å². The molecule has 1 aromatic rings. The molecule has 2 heterocycles. The number of nitrogens with zero attached hydrogens (tertiary/aromatic N) is 1. The Morgan fingerprint density at radius 3 is 3.00 bits per heavy atom. The van der Waals surface area contributed by atoms with Gasteiger partial charge in [0.05, 0.1) is 11.3 Å². The number of nitrogen functional groups attached to an aromatic ring is 1. The van der Waals surface area contributed by atoms with Gasteiger partial charge in [0.15, 0.2) is 0 Å². The summed E-state index contributed by atoms with van der Waals surface area (Å²) < 4.78 is 13.7. The Balaban J connectivity index is 1.75. The molecule has 108 valence electrons. The monoisotopic (exact) mass is 341 g/mol. The molecule has 0 aromatic heterocycles. The number of anilines is 1. The lowest BCUT2D eigenvalue weighted by Gasteiger charge is -2.21.